The van der Waals surface area contributed by atoms with Gasteiger partial charge in [0.2, 0.25) is 5.79 Å². The molecule has 0 unspecified atom stereocenters. The lowest BCUT2D eigenvalue weighted by molar-refractivity contribution is -0.458. The highest BCUT2D eigenvalue weighted by Crippen LogP contribution is 2.08. The third-order valence-electron chi connectivity index (χ3n) is 2.26. The molecule has 0 aliphatic heterocycles. The molecule has 0 atom stereocenters. The topological polar surface area (TPSA) is 119 Å². The second-order valence-electron chi connectivity index (χ2n) is 3.85. The molecular formula is C11H18O8. The van der Waals surface area contributed by atoms with Crippen LogP contribution in [0.4, 0.5) is 0 Å². The van der Waals surface area contributed by atoms with Gasteiger partial charge < -0.3 is 10.2 Å². The van der Waals surface area contributed by atoms with Crippen LogP contribution in [0.1, 0.15) is 46.0 Å². The smallest absolute Gasteiger partial charge is 0.359 e. The Hall–Kier alpha value is -1.51. The Labute approximate surface area is 110 Å². The van der Waals surface area contributed by atoms with Gasteiger partial charge in [-0.2, -0.15) is 0 Å². The molecule has 0 spiro atoms. The summed E-state index contributed by atoms with van der Waals surface area (Å²) in [6, 6.07) is 0. The van der Waals surface area contributed by atoms with Crippen LogP contribution in [-0.4, -0.2) is 33.7 Å². The van der Waals surface area contributed by atoms with E-state index in [2.05, 4.69) is 14.8 Å². The number of ketones is 1. The maximum atomic E-state index is 11.1. The number of carbonyl (C=O) groups excluding carboxylic acids is 3. The molecule has 0 saturated heterocycles. The van der Waals surface area contributed by atoms with Crippen LogP contribution in [0.15, 0.2) is 0 Å². The van der Waals surface area contributed by atoms with Crippen LogP contribution in [0.5, 0.6) is 0 Å². The Kier molecular flexibility index (Phi) is 7.89. The monoisotopic (exact) mass is 278 g/mol. The van der Waals surface area contributed by atoms with Crippen molar-refractivity contribution in [1.82, 2.24) is 0 Å². The zero-order chi connectivity index (χ0) is 14.9. The highest BCUT2D eigenvalue weighted by atomic mass is 17.5. The minimum atomic E-state index is -2.83. The van der Waals surface area contributed by atoms with Gasteiger partial charge in [-0.05, 0) is 6.42 Å². The highest BCUT2D eigenvalue weighted by Gasteiger charge is 2.38. The van der Waals surface area contributed by atoms with Crippen molar-refractivity contribution < 1.29 is 39.4 Å². The first kappa shape index (κ1) is 17.5. The summed E-state index contributed by atoms with van der Waals surface area (Å²) in [5.41, 5.74) is 0. The molecule has 0 saturated carbocycles. The second-order valence-corrected chi connectivity index (χ2v) is 3.85. The molecular weight excluding hydrogens is 260 g/mol. The Morgan fingerprint density at radius 2 is 1.68 bits per heavy atom. The van der Waals surface area contributed by atoms with Gasteiger partial charge in [0.1, 0.15) is 0 Å². The van der Waals surface area contributed by atoms with Crippen molar-refractivity contribution in [2.75, 3.05) is 0 Å². The van der Waals surface area contributed by atoms with Gasteiger partial charge in [-0.15, -0.1) is 0 Å². The first-order chi connectivity index (χ1) is 8.85. The van der Waals surface area contributed by atoms with Crippen LogP contribution >= 0.6 is 0 Å². The number of rotatable bonds is 9. The van der Waals surface area contributed by atoms with E-state index in [1.165, 1.54) is 6.92 Å². The van der Waals surface area contributed by atoms with E-state index in [-0.39, 0.29) is 6.42 Å². The molecule has 0 heterocycles. The summed E-state index contributed by atoms with van der Waals surface area (Å²) in [5, 5.41) is 21.9. The maximum Gasteiger partial charge on any atom is 0.418 e. The summed E-state index contributed by atoms with van der Waals surface area (Å²) in [6.07, 6.45) is 2.03. The number of aliphatic hydroxyl groups is 2. The third-order valence-corrected chi connectivity index (χ3v) is 2.26. The van der Waals surface area contributed by atoms with Crippen molar-refractivity contribution in [1.29, 1.82) is 0 Å². The van der Waals surface area contributed by atoms with E-state index in [0.717, 1.165) is 12.8 Å². The molecule has 0 bridgehead atoms. The van der Waals surface area contributed by atoms with Crippen molar-refractivity contribution in [3.63, 3.8) is 0 Å². The van der Waals surface area contributed by atoms with Gasteiger partial charge in [-0.1, -0.05) is 26.7 Å². The summed E-state index contributed by atoms with van der Waals surface area (Å²) >= 11 is 0. The average molecular weight is 278 g/mol. The van der Waals surface area contributed by atoms with Crippen molar-refractivity contribution in [3.05, 3.63) is 0 Å². The summed E-state index contributed by atoms with van der Waals surface area (Å²) < 4.78 is 0. The first-order valence-electron chi connectivity index (χ1n) is 5.92. The van der Waals surface area contributed by atoms with Gasteiger partial charge >= 0.3 is 17.7 Å². The quantitative estimate of drug-likeness (QED) is 0.201. The van der Waals surface area contributed by atoms with E-state index >= 15 is 0 Å². The van der Waals surface area contributed by atoms with Gasteiger partial charge in [0.25, 0.3) is 0 Å². The highest BCUT2D eigenvalue weighted by molar-refractivity contribution is 6.36. The zero-order valence-electron chi connectivity index (χ0n) is 10.9. The predicted molar refractivity (Wildman–Crippen MR) is 59.9 cm³/mol. The van der Waals surface area contributed by atoms with E-state index in [1.807, 2.05) is 6.92 Å². The molecule has 8 nitrogen and oxygen atoms in total. The number of unbranched alkanes of at least 4 members (excludes halogenated alkanes) is 2. The van der Waals surface area contributed by atoms with E-state index in [1.54, 1.807) is 0 Å². The van der Waals surface area contributed by atoms with Crippen molar-refractivity contribution in [2.45, 2.75) is 51.7 Å². The van der Waals surface area contributed by atoms with Crippen molar-refractivity contribution in [3.8, 4) is 0 Å². The molecule has 0 fully saturated rings. The fourth-order valence-corrected chi connectivity index (χ4v) is 1.01. The van der Waals surface area contributed by atoms with E-state index in [9.17, 15) is 14.4 Å². The Morgan fingerprint density at radius 1 is 1.05 bits per heavy atom. The van der Waals surface area contributed by atoms with Crippen molar-refractivity contribution >= 4 is 17.7 Å². The van der Waals surface area contributed by atoms with Gasteiger partial charge in [0.05, 0.1) is 0 Å². The lowest BCUT2D eigenvalue weighted by Gasteiger charge is -2.15. The molecule has 19 heavy (non-hydrogen) atoms. The molecule has 0 aromatic carbocycles. The van der Waals surface area contributed by atoms with Gasteiger partial charge in [0, 0.05) is 17.9 Å². The van der Waals surface area contributed by atoms with Crippen LogP contribution in [-0.2, 0) is 29.2 Å². The normalized spacial score (nSPS) is 10.9. The summed E-state index contributed by atoms with van der Waals surface area (Å²) in [4.78, 5) is 40.9. The fourth-order valence-electron chi connectivity index (χ4n) is 1.01. The molecule has 0 amide bonds. The van der Waals surface area contributed by atoms with Crippen LogP contribution in [0.3, 0.4) is 0 Å². The summed E-state index contributed by atoms with van der Waals surface area (Å²) in [5.74, 6) is -6.88. The molecule has 8 heteroatoms. The van der Waals surface area contributed by atoms with Crippen LogP contribution in [0, 0.1) is 0 Å². The molecule has 2 N–H and O–H groups in total. The molecule has 0 rings (SSSR count). The lowest BCUT2D eigenvalue weighted by Crippen LogP contribution is -2.43. The molecule has 0 aromatic rings. The number of Topliss-reactive ketones (excluding diaryl/α,β-unsaturated/α-hetero) is 1. The summed E-state index contributed by atoms with van der Waals surface area (Å²) in [7, 11) is 0. The standard InChI is InChI=1S/C11H18O8/c1-3-5-6-7-8(12)17-19-18-10(14)9(13)11(15,16)4-2/h15-16H,3-7H2,1-2H3. The Morgan fingerprint density at radius 3 is 2.21 bits per heavy atom. The lowest BCUT2D eigenvalue weighted by atomic mass is 10.1. The van der Waals surface area contributed by atoms with Gasteiger partial charge in [-0.25, -0.2) is 9.59 Å². The fraction of sp³-hybridized carbons (Fsp3) is 0.727. The van der Waals surface area contributed by atoms with E-state index in [0.29, 0.717) is 6.42 Å². The molecule has 0 aromatic heterocycles. The summed E-state index contributed by atoms with van der Waals surface area (Å²) in [6.45, 7) is 3.23. The average Bonchev–Trinajstić information content (AvgIpc) is 2.38. The van der Waals surface area contributed by atoms with Crippen molar-refractivity contribution in [2.24, 2.45) is 0 Å². The zero-order valence-corrected chi connectivity index (χ0v) is 10.9. The Balaban J connectivity index is 3.92. The number of carbonyl (C=O) groups is 3. The first-order valence-corrected chi connectivity index (χ1v) is 5.92. The van der Waals surface area contributed by atoms with Gasteiger partial charge in [-0.3, -0.25) is 14.6 Å². The molecule has 110 valence electrons. The van der Waals surface area contributed by atoms with Crippen LogP contribution in [0.2, 0.25) is 0 Å². The second kappa shape index (κ2) is 8.57. The largest absolute Gasteiger partial charge is 0.418 e. The third kappa shape index (κ3) is 6.85. The predicted octanol–water partition coefficient (Wildman–Crippen LogP) is 0.160. The Bertz CT molecular complexity index is 323. The molecule has 0 aliphatic carbocycles. The minimum Gasteiger partial charge on any atom is -0.359 e. The number of hydrogen-bond acceptors (Lipinski definition) is 8. The molecule has 0 radical (unpaired) electrons. The minimum absolute atomic E-state index is 0.0816. The molecule has 0 aliphatic rings. The van der Waals surface area contributed by atoms with Gasteiger partial charge in [0.15, 0.2) is 0 Å². The van der Waals surface area contributed by atoms with E-state index < -0.39 is 29.9 Å². The van der Waals surface area contributed by atoms with Crippen LogP contribution < -0.4 is 0 Å². The van der Waals surface area contributed by atoms with Crippen LogP contribution in [0.25, 0.3) is 0 Å². The SMILES string of the molecule is CCCCCC(=O)OOOC(=O)C(=O)C(O)(O)CC. The maximum absolute atomic E-state index is 11.1. The van der Waals surface area contributed by atoms with E-state index in [4.69, 9.17) is 10.2 Å². The number of hydrogen-bond donors (Lipinski definition) is 2.